The Labute approximate surface area is 177 Å². The van der Waals surface area contributed by atoms with Gasteiger partial charge >= 0.3 is 5.97 Å². The number of hydrogen-bond donors (Lipinski definition) is 0. The zero-order valence-corrected chi connectivity index (χ0v) is 17.3. The largest absolute Gasteiger partial charge is 0.484 e. The number of rotatable bonds is 6. The van der Waals surface area contributed by atoms with Gasteiger partial charge in [0.15, 0.2) is 6.61 Å². The minimum Gasteiger partial charge on any atom is -0.484 e. The van der Waals surface area contributed by atoms with Crippen LogP contribution in [-0.4, -0.2) is 35.5 Å². The molecule has 1 aliphatic rings. The van der Waals surface area contributed by atoms with Gasteiger partial charge in [-0.3, -0.25) is 4.79 Å². The van der Waals surface area contributed by atoms with Gasteiger partial charge in [-0.15, -0.1) is 0 Å². The quantitative estimate of drug-likeness (QED) is 0.675. The summed E-state index contributed by atoms with van der Waals surface area (Å²) in [4.78, 5) is 26.7. The number of likely N-dealkylation sites (tertiary alicyclic amines) is 1. The van der Waals surface area contributed by atoms with Gasteiger partial charge in [0.1, 0.15) is 12.4 Å². The molecule has 0 aromatic heterocycles. The van der Waals surface area contributed by atoms with Gasteiger partial charge in [0.25, 0.3) is 5.91 Å². The molecule has 0 bridgehead atoms. The van der Waals surface area contributed by atoms with Gasteiger partial charge in [0.05, 0.1) is 17.2 Å². The lowest BCUT2D eigenvalue weighted by molar-refractivity contribution is -0.139. The van der Waals surface area contributed by atoms with E-state index < -0.39 is 5.97 Å². The number of carbonyl (C=O) groups excluding carboxylic acids is 2. The molecule has 0 radical (unpaired) electrons. The van der Waals surface area contributed by atoms with Crippen molar-refractivity contribution in [1.82, 2.24) is 4.90 Å². The van der Waals surface area contributed by atoms with E-state index in [-0.39, 0.29) is 31.2 Å². The molecule has 1 amide bonds. The summed E-state index contributed by atoms with van der Waals surface area (Å²) in [6.45, 7) is 4.15. The predicted octanol–water partition coefficient (Wildman–Crippen LogP) is 4.08. The molecule has 1 heterocycles. The SMILES string of the molecule is CC1CCCC(C)N1C(=O)COc1ccc(C(=O)OCc2ccccc2C#N)cc1. The van der Waals surface area contributed by atoms with Crippen molar-refractivity contribution in [3.63, 3.8) is 0 Å². The number of piperidine rings is 1. The molecule has 0 spiro atoms. The first kappa shape index (κ1) is 21.4. The Bertz CT molecular complexity index is 923. The second-order valence-electron chi connectivity index (χ2n) is 7.59. The second kappa shape index (κ2) is 9.93. The third kappa shape index (κ3) is 5.18. The summed E-state index contributed by atoms with van der Waals surface area (Å²) >= 11 is 0. The highest BCUT2D eigenvalue weighted by Gasteiger charge is 2.28. The second-order valence-corrected chi connectivity index (χ2v) is 7.59. The lowest BCUT2D eigenvalue weighted by atomic mass is 9.97. The third-order valence-corrected chi connectivity index (χ3v) is 5.43. The van der Waals surface area contributed by atoms with E-state index in [1.165, 1.54) is 0 Å². The van der Waals surface area contributed by atoms with Crippen LogP contribution in [0.2, 0.25) is 0 Å². The fourth-order valence-corrected chi connectivity index (χ4v) is 3.80. The summed E-state index contributed by atoms with van der Waals surface area (Å²) in [5, 5.41) is 9.10. The molecular weight excluding hydrogens is 380 g/mol. The zero-order valence-electron chi connectivity index (χ0n) is 17.3. The van der Waals surface area contributed by atoms with Crippen molar-refractivity contribution in [2.24, 2.45) is 0 Å². The van der Waals surface area contributed by atoms with E-state index in [9.17, 15) is 9.59 Å². The fraction of sp³-hybridized carbons (Fsp3) is 0.375. The van der Waals surface area contributed by atoms with Crippen molar-refractivity contribution < 1.29 is 19.1 Å². The molecule has 6 nitrogen and oxygen atoms in total. The molecule has 0 aliphatic carbocycles. The number of nitriles is 1. The zero-order chi connectivity index (χ0) is 21.5. The van der Waals surface area contributed by atoms with Gasteiger partial charge in [-0.05, 0) is 63.4 Å². The van der Waals surface area contributed by atoms with Gasteiger partial charge in [-0.25, -0.2) is 4.79 Å². The average Bonchev–Trinajstić information content (AvgIpc) is 2.76. The van der Waals surface area contributed by atoms with Crippen molar-refractivity contribution >= 4 is 11.9 Å². The van der Waals surface area contributed by atoms with E-state index in [0.717, 1.165) is 19.3 Å². The summed E-state index contributed by atoms with van der Waals surface area (Å²) in [5.41, 5.74) is 1.52. The van der Waals surface area contributed by atoms with Crippen molar-refractivity contribution in [3.05, 3.63) is 65.2 Å². The van der Waals surface area contributed by atoms with Crippen LogP contribution in [0.3, 0.4) is 0 Å². The number of amides is 1. The minimum absolute atomic E-state index is 0.0191. The van der Waals surface area contributed by atoms with E-state index in [1.807, 2.05) is 4.90 Å². The van der Waals surface area contributed by atoms with Gasteiger partial charge in [0, 0.05) is 17.6 Å². The minimum atomic E-state index is -0.485. The topological polar surface area (TPSA) is 79.6 Å². The molecule has 6 heteroatoms. The lowest BCUT2D eigenvalue weighted by Crippen LogP contribution is -2.49. The smallest absolute Gasteiger partial charge is 0.338 e. The molecule has 1 saturated heterocycles. The Morgan fingerprint density at radius 1 is 1.07 bits per heavy atom. The Kier molecular flexibility index (Phi) is 7.08. The number of nitrogens with zero attached hydrogens (tertiary/aromatic N) is 2. The Balaban J connectivity index is 1.52. The van der Waals surface area contributed by atoms with Crippen LogP contribution in [0.4, 0.5) is 0 Å². The summed E-state index contributed by atoms with van der Waals surface area (Å²) in [6.07, 6.45) is 3.18. The van der Waals surface area contributed by atoms with E-state index in [1.54, 1.807) is 48.5 Å². The van der Waals surface area contributed by atoms with Crippen LogP contribution < -0.4 is 4.74 Å². The van der Waals surface area contributed by atoms with Crippen molar-refractivity contribution in [2.45, 2.75) is 51.8 Å². The summed E-state index contributed by atoms with van der Waals surface area (Å²) in [7, 11) is 0. The van der Waals surface area contributed by atoms with Crippen molar-refractivity contribution in [1.29, 1.82) is 5.26 Å². The molecule has 2 aromatic carbocycles. The Morgan fingerprint density at radius 3 is 2.40 bits per heavy atom. The van der Waals surface area contributed by atoms with E-state index in [4.69, 9.17) is 14.7 Å². The molecule has 0 saturated carbocycles. The van der Waals surface area contributed by atoms with Crippen LogP contribution >= 0.6 is 0 Å². The molecule has 1 aliphatic heterocycles. The molecule has 3 rings (SSSR count). The van der Waals surface area contributed by atoms with E-state index in [2.05, 4.69) is 19.9 Å². The number of esters is 1. The Morgan fingerprint density at radius 2 is 1.73 bits per heavy atom. The maximum atomic E-state index is 12.5. The van der Waals surface area contributed by atoms with Crippen LogP contribution in [0.15, 0.2) is 48.5 Å². The molecule has 0 N–H and O–H groups in total. The van der Waals surface area contributed by atoms with Gasteiger partial charge < -0.3 is 14.4 Å². The van der Waals surface area contributed by atoms with Crippen LogP contribution in [0.1, 0.15) is 54.6 Å². The predicted molar refractivity (Wildman–Crippen MR) is 112 cm³/mol. The lowest BCUT2D eigenvalue weighted by Gasteiger charge is -2.38. The van der Waals surface area contributed by atoms with E-state index in [0.29, 0.717) is 22.4 Å². The summed E-state index contributed by atoms with van der Waals surface area (Å²) < 4.78 is 10.9. The highest BCUT2D eigenvalue weighted by molar-refractivity contribution is 5.89. The first-order valence-electron chi connectivity index (χ1n) is 10.2. The number of hydrogen-bond acceptors (Lipinski definition) is 5. The van der Waals surface area contributed by atoms with Crippen molar-refractivity contribution in [3.8, 4) is 11.8 Å². The number of benzene rings is 2. The molecule has 2 atom stereocenters. The maximum absolute atomic E-state index is 12.5. The van der Waals surface area contributed by atoms with Crippen molar-refractivity contribution in [2.75, 3.05) is 6.61 Å². The molecule has 156 valence electrons. The van der Waals surface area contributed by atoms with E-state index >= 15 is 0 Å². The molecular formula is C24H26N2O4. The highest BCUT2D eigenvalue weighted by atomic mass is 16.5. The van der Waals surface area contributed by atoms with Gasteiger partial charge in [0.2, 0.25) is 0 Å². The van der Waals surface area contributed by atoms with Crippen LogP contribution in [0.5, 0.6) is 5.75 Å². The fourth-order valence-electron chi connectivity index (χ4n) is 3.80. The normalized spacial score (nSPS) is 18.4. The monoisotopic (exact) mass is 406 g/mol. The standard InChI is InChI=1S/C24H26N2O4/c1-17-6-5-7-18(2)26(17)23(27)16-29-22-12-10-19(11-13-22)24(28)30-15-21-9-4-3-8-20(21)14-25/h3-4,8-13,17-18H,5-7,15-16H2,1-2H3. The number of ether oxygens (including phenoxy) is 2. The van der Waals surface area contributed by atoms with Crippen LogP contribution in [-0.2, 0) is 16.1 Å². The molecule has 2 unspecified atom stereocenters. The van der Waals surface area contributed by atoms with Gasteiger partial charge in [-0.2, -0.15) is 5.26 Å². The third-order valence-electron chi connectivity index (χ3n) is 5.43. The highest BCUT2D eigenvalue weighted by Crippen LogP contribution is 2.23. The first-order valence-corrected chi connectivity index (χ1v) is 10.2. The van der Waals surface area contributed by atoms with Gasteiger partial charge in [-0.1, -0.05) is 18.2 Å². The summed E-state index contributed by atoms with van der Waals surface area (Å²) in [6, 6.07) is 16.0. The summed E-state index contributed by atoms with van der Waals surface area (Å²) in [5.74, 6) is 0.0164. The van der Waals surface area contributed by atoms with Crippen LogP contribution in [0, 0.1) is 11.3 Å². The first-order chi connectivity index (χ1) is 14.5. The van der Waals surface area contributed by atoms with Crippen LogP contribution in [0.25, 0.3) is 0 Å². The molecule has 30 heavy (non-hydrogen) atoms. The maximum Gasteiger partial charge on any atom is 0.338 e. The Hall–Kier alpha value is -3.33. The molecule has 2 aromatic rings. The average molecular weight is 406 g/mol. The molecule has 1 fully saturated rings. The number of carbonyl (C=O) groups is 2.